The van der Waals surface area contributed by atoms with Crippen LogP contribution in [0.25, 0.3) is 22.4 Å². The van der Waals surface area contributed by atoms with Crippen molar-refractivity contribution in [1.29, 1.82) is 5.41 Å². The summed E-state index contributed by atoms with van der Waals surface area (Å²) in [6, 6.07) is 21.4. The van der Waals surface area contributed by atoms with Crippen LogP contribution in [0, 0.1) is 11.3 Å². The molecule has 0 aliphatic heterocycles. The topological polar surface area (TPSA) is 158 Å². The average Bonchev–Trinajstić information content (AvgIpc) is 2.96. The minimum absolute atomic E-state index is 0.0919. The molecule has 9 heteroatoms. The van der Waals surface area contributed by atoms with Crippen molar-refractivity contribution in [2.24, 2.45) is 11.7 Å². The third-order valence-electron chi connectivity index (χ3n) is 6.15. The first kappa shape index (κ1) is 27.7. The lowest BCUT2D eigenvalue weighted by Gasteiger charge is -2.16. The van der Waals surface area contributed by atoms with Crippen LogP contribution in [0.15, 0.2) is 85.1 Å². The maximum atomic E-state index is 13.6. The van der Waals surface area contributed by atoms with Gasteiger partial charge in [0.2, 0.25) is 0 Å². The summed E-state index contributed by atoms with van der Waals surface area (Å²) in [6.45, 7) is 4.38. The van der Waals surface area contributed by atoms with Crippen LogP contribution in [0.4, 0.5) is 5.69 Å². The number of amidine groups is 1. The average molecular weight is 536 g/mol. The van der Waals surface area contributed by atoms with E-state index in [9.17, 15) is 19.5 Å². The maximum Gasteiger partial charge on any atom is 0.336 e. The van der Waals surface area contributed by atoms with Crippen molar-refractivity contribution in [2.75, 3.05) is 11.9 Å². The maximum absolute atomic E-state index is 13.6. The molecule has 0 atom stereocenters. The Kier molecular flexibility index (Phi) is 8.34. The van der Waals surface area contributed by atoms with E-state index in [1.807, 2.05) is 26.0 Å². The zero-order chi connectivity index (χ0) is 28.8. The van der Waals surface area contributed by atoms with Crippen LogP contribution in [-0.4, -0.2) is 40.3 Å². The van der Waals surface area contributed by atoms with Gasteiger partial charge in [-0.15, -0.1) is 0 Å². The second kappa shape index (κ2) is 12.0. The summed E-state index contributed by atoms with van der Waals surface area (Å²) < 4.78 is 0. The number of benzene rings is 3. The van der Waals surface area contributed by atoms with Crippen LogP contribution in [0.3, 0.4) is 0 Å². The molecule has 0 aliphatic rings. The van der Waals surface area contributed by atoms with Crippen molar-refractivity contribution in [1.82, 2.24) is 10.3 Å². The van der Waals surface area contributed by atoms with E-state index in [0.717, 1.165) is 0 Å². The fourth-order valence-electron chi connectivity index (χ4n) is 4.09. The number of carbonyl (C=O) groups is 3. The number of nitrogens with zero attached hydrogens (tertiary/aromatic N) is 1. The molecule has 0 radical (unpaired) electrons. The van der Waals surface area contributed by atoms with Crippen LogP contribution in [0.1, 0.15) is 50.5 Å². The molecular formula is C31H29N5O4. The molecule has 0 bridgehead atoms. The molecule has 9 nitrogen and oxygen atoms in total. The molecule has 0 aliphatic carbocycles. The van der Waals surface area contributed by atoms with Crippen LogP contribution < -0.4 is 16.4 Å². The predicted molar refractivity (Wildman–Crippen MR) is 155 cm³/mol. The van der Waals surface area contributed by atoms with E-state index in [0.29, 0.717) is 34.6 Å². The first-order valence-electron chi connectivity index (χ1n) is 12.6. The van der Waals surface area contributed by atoms with Gasteiger partial charge < -0.3 is 21.5 Å². The summed E-state index contributed by atoms with van der Waals surface area (Å²) in [5, 5.41) is 23.2. The summed E-state index contributed by atoms with van der Waals surface area (Å²) in [4.78, 5) is 42.9. The summed E-state index contributed by atoms with van der Waals surface area (Å²) in [7, 11) is 0. The fraction of sp³-hybridized carbons (Fsp3) is 0.129. The highest BCUT2D eigenvalue weighted by atomic mass is 16.4. The van der Waals surface area contributed by atoms with Gasteiger partial charge in [-0.25, -0.2) is 4.79 Å². The van der Waals surface area contributed by atoms with Gasteiger partial charge in [0, 0.05) is 40.7 Å². The Hall–Kier alpha value is -5.31. The van der Waals surface area contributed by atoms with Crippen LogP contribution in [-0.2, 0) is 0 Å². The van der Waals surface area contributed by atoms with Gasteiger partial charge >= 0.3 is 5.97 Å². The lowest BCUT2D eigenvalue weighted by atomic mass is 9.91. The third kappa shape index (κ3) is 6.39. The summed E-state index contributed by atoms with van der Waals surface area (Å²) in [5.41, 5.74) is 8.82. The normalized spacial score (nSPS) is 10.7. The van der Waals surface area contributed by atoms with Gasteiger partial charge in [0.1, 0.15) is 5.84 Å². The molecule has 0 saturated heterocycles. The zero-order valence-corrected chi connectivity index (χ0v) is 22.1. The molecule has 6 N–H and O–H groups in total. The SMILES string of the molecule is CC(C)CNC(=O)c1ccc(-c2ccc(-c3ccccn3)cc2C(=O)Nc2ccc(C(=N)N)cc2)c(C(=O)O)c1. The molecule has 1 heterocycles. The van der Waals surface area contributed by atoms with Crippen molar-refractivity contribution in [2.45, 2.75) is 13.8 Å². The first-order chi connectivity index (χ1) is 19.1. The number of pyridine rings is 1. The highest BCUT2D eigenvalue weighted by Gasteiger charge is 2.21. The summed E-state index contributed by atoms with van der Waals surface area (Å²) >= 11 is 0. The van der Waals surface area contributed by atoms with E-state index in [1.54, 1.807) is 66.9 Å². The van der Waals surface area contributed by atoms with Gasteiger partial charge in [-0.2, -0.15) is 0 Å². The van der Waals surface area contributed by atoms with E-state index in [2.05, 4.69) is 15.6 Å². The van der Waals surface area contributed by atoms with Crippen LogP contribution in [0.5, 0.6) is 0 Å². The fourth-order valence-corrected chi connectivity index (χ4v) is 4.09. The minimum Gasteiger partial charge on any atom is -0.478 e. The smallest absolute Gasteiger partial charge is 0.336 e. The number of anilines is 1. The second-order valence-electron chi connectivity index (χ2n) is 9.59. The number of hydrogen-bond acceptors (Lipinski definition) is 5. The van der Waals surface area contributed by atoms with E-state index < -0.39 is 11.9 Å². The van der Waals surface area contributed by atoms with E-state index in [4.69, 9.17) is 11.1 Å². The van der Waals surface area contributed by atoms with Crippen molar-refractivity contribution < 1.29 is 19.5 Å². The van der Waals surface area contributed by atoms with Crippen molar-refractivity contribution >= 4 is 29.3 Å². The number of hydrogen-bond donors (Lipinski definition) is 5. The monoisotopic (exact) mass is 535 g/mol. The molecule has 1 aromatic heterocycles. The largest absolute Gasteiger partial charge is 0.478 e. The van der Waals surface area contributed by atoms with Gasteiger partial charge in [0.15, 0.2) is 0 Å². The van der Waals surface area contributed by atoms with Gasteiger partial charge in [0.25, 0.3) is 11.8 Å². The Morgan fingerprint density at radius 3 is 2.17 bits per heavy atom. The predicted octanol–water partition coefficient (Wildman–Crippen LogP) is 5.04. The number of nitrogens with one attached hydrogen (secondary N) is 3. The van der Waals surface area contributed by atoms with E-state index in [1.165, 1.54) is 6.07 Å². The number of rotatable bonds is 9. The molecule has 3 aromatic carbocycles. The molecule has 40 heavy (non-hydrogen) atoms. The Balaban J connectivity index is 1.79. The van der Waals surface area contributed by atoms with E-state index >= 15 is 0 Å². The number of aromatic nitrogens is 1. The van der Waals surface area contributed by atoms with Crippen molar-refractivity contribution in [3.8, 4) is 22.4 Å². The molecule has 4 rings (SSSR count). The minimum atomic E-state index is -1.23. The third-order valence-corrected chi connectivity index (χ3v) is 6.15. The Bertz CT molecular complexity index is 1580. The number of nitrogens with two attached hydrogens (primary N) is 1. The lowest BCUT2D eigenvalue weighted by Crippen LogP contribution is -2.27. The number of carboxylic acids is 1. The molecule has 202 valence electrons. The van der Waals surface area contributed by atoms with Crippen molar-refractivity contribution in [3.63, 3.8) is 0 Å². The molecule has 0 unspecified atom stereocenters. The number of aromatic carboxylic acids is 1. The number of amides is 2. The van der Waals surface area contributed by atoms with Crippen LogP contribution >= 0.6 is 0 Å². The van der Waals surface area contributed by atoms with Gasteiger partial charge in [-0.3, -0.25) is 20.0 Å². The zero-order valence-electron chi connectivity index (χ0n) is 22.1. The Labute approximate surface area is 231 Å². The first-order valence-corrected chi connectivity index (χ1v) is 12.6. The van der Waals surface area contributed by atoms with Gasteiger partial charge in [-0.05, 0) is 71.6 Å². The molecule has 0 spiro atoms. The highest BCUT2D eigenvalue weighted by Crippen LogP contribution is 2.32. The number of carbonyl (C=O) groups excluding carboxylic acids is 2. The van der Waals surface area contributed by atoms with E-state index in [-0.39, 0.29) is 39.9 Å². The lowest BCUT2D eigenvalue weighted by molar-refractivity contribution is 0.0697. The Morgan fingerprint density at radius 2 is 1.55 bits per heavy atom. The quantitative estimate of drug-likeness (QED) is 0.149. The second-order valence-corrected chi connectivity index (χ2v) is 9.59. The van der Waals surface area contributed by atoms with Crippen LogP contribution in [0.2, 0.25) is 0 Å². The number of carboxylic acid groups (broad SMARTS) is 1. The molecule has 2 amide bonds. The molecule has 4 aromatic rings. The van der Waals surface area contributed by atoms with Gasteiger partial charge in [0.05, 0.1) is 11.3 Å². The number of nitrogen functional groups attached to an aromatic ring is 1. The molecular weight excluding hydrogens is 506 g/mol. The standard InChI is InChI=1S/C31H29N5O4/c1-18(2)17-35-29(37)21-9-13-24(26(16-21)31(39)40)23-12-8-20(27-5-3-4-14-34-27)15-25(23)30(38)36-22-10-6-19(7-11-22)28(32)33/h3-16,18H,17H2,1-2H3,(H3,32,33)(H,35,37)(H,36,38)(H,39,40). The molecule has 0 saturated carbocycles. The summed E-state index contributed by atoms with van der Waals surface area (Å²) in [5.74, 6) is -1.93. The summed E-state index contributed by atoms with van der Waals surface area (Å²) in [6.07, 6.45) is 1.64. The van der Waals surface area contributed by atoms with Gasteiger partial charge in [-0.1, -0.05) is 38.1 Å². The highest BCUT2D eigenvalue weighted by molar-refractivity contribution is 6.11. The molecule has 0 fully saturated rings. The van der Waals surface area contributed by atoms with Crippen molar-refractivity contribution in [3.05, 3.63) is 107 Å². The Morgan fingerprint density at radius 1 is 0.875 bits per heavy atom.